The molecule has 0 aliphatic heterocycles. The molecular formula is C15H22N2O3S. The van der Waals surface area contributed by atoms with Gasteiger partial charge in [-0.25, -0.2) is 13.1 Å². The zero-order valence-corrected chi connectivity index (χ0v) is 13.5. The maximum Gasteiger partial charge on any atom is 0.240 e. The standard InChI is InChI=1S/C15H22N2O3S/c1-12(2)20-10-9-17-21(18,19)15-11-14(5-4-8-16)7-6-13(15)3/h6-7,11-12,17H,8-10,16H2,1-3H3. The number of nitrogens with two attached hydrogens (primary N) is 1. The van der Waals surface area contributed by atoms with Gasteiger partial charge in [0.05, 0.1) is 24.2 Å². The lowest BCUT2D eigenvalue weighted by atomic mass is 10.1. The summed E-state index contributed by atoms with van der Waals surface area (Å²) in [5.74, 6) is 5.54. The number of nitrogens with one attached hydrogen (secondary N) is 1. The average molecular weight is 310 g/mol. The summed E-state index contributed by atoms with van der Waals surface area (Å²) < 4.78 is 32.4. The van der Waals surface area contributed by atoms with E-state index in [4.69, 9.17) is 10.5 Å². The van der Waals surface area contributed by atoms with Gasteiger partial charge >= 0.3 is 0 Å². The van der Waals surface area contributed by atoms with Gasteiger partial charge in [0.25, 0.3) is 0 Å². The molecule has 0 saturated carbocycles. The number of hydrogen-bond donors (Lipinski definition) is 2. The van der Waals surface area contributed by atoms with Gasteiger partial charge < -0.3 is 10.5 Å². The van der Waals surface area contributed by atoms with Crippen LogP contribution in [0.1, 0.15) is 25.0 Å². The van der Waals surface area contributed by atoms with Gasteiger partial charge in [0.2, 0.25) is 10.0 Å². The van der Waals surface area contributed by atoms with Crippen molar-refractivity contribution in [1.82, 2.24) is 4.72 Å². The maximum absolute atomic E-state index is 12.3. The number of ether oxygens (including phenoxy) is 1. The number of aryl methyl sites for hydroxylation is 1. The van der Waals surface area contributed by atoms with E-state index >= 15 is 0 Å². The normalized spacial score (nSPS) is 11.3. The Balaban J connectivity index is 2.86. The van der Waals surface area contributed by atoms with Crippen molar-refractivity contribution in [2.75, 3.05) is 19.7 Å². The van der Waals surface area contributed by atoms with E-state index in [2.05, 4.69) is 16.6 Å². The monoisotopic (exact) mass is 310 g/mol. The average Bonchev–Trinajstić information content (AvgIpc) is 2.42. The van der Waals surface area contributed by atoms with Crippen molar-refractivity contribution >= 4 is 10.0 Å². The van der Waals surface area contributed by atoms with Crippen LogP contribution in [0.2, 0.25) is 0 Å². The van der Waals surface area contributed by atoms with Crippen molar-refractivity contribution in [2.24, 2.45) is 5.73 Å². The molecule has 3 N–H and O–H groups in total. The lowest BCUT2D eigenvalue weighted by molar-refractivity contribution is 0.0834. The maximum atomic E-state index is 12.3. The molecule has 116 valence electrons. The molecule has 0 unspecified atom stereocenters. The second-order valence-electron chi connectivity index (χ2n) is 4.80. The summed E-state index contributed by atoms with van der Waals surface area (Å²) in [5.41, 5.74) is 6.62. The molecule has 0 aliphatic rings. The van der Waals surface area contributed by atoms with Crippen molar-refractivity contribution in [1.29, 1.82) is 0 Å². The fourth-order valence-corrected chi connectivity index (χ4v) is 2.95. The van der Waals surface area contributed by atoms with Gasteiger partial charge in [0.1, 0.15) is 0 Å². The van der Waals surface area contributed by atoms with Crippen LogP contribution in [-0.2, 0) is 14.8 Å². The SMILES string of the molecule is Cc1ccc(C#CCN)cc1S(=O)(=O)NCCOC(C)C. The van der Waals surface area contributed by atoms with Crippen molar-refractivity contribution in [3.8, 4) is 11.8 Å². The molecule has 1 rings (SSSR count). The number of benzene rings is 1. The highest BCUT2D eigenvalue weighted by Gasteiger charge is 2.16. The number of rotatable bonds is 6. The molecule has 21 heavy (non-hydrogen) atoms. The van der Waals surface area contributed by atoms with Gasteiger partial charge in [-0.15, -0.1) is 0 Å². The minimum Gasteiger partial charge on any atom is -0.377 e. The lowest BCUT2D eigenvalue weighted by Gasteiger charge is -2.11. The number of hydrogen-bond acceptors (Lipinski definition) is 4. The summed E-state index contributed by atoms with van der Waals surface area (Å²) in [7, 11) is -3.57. The Hall–Kier alpha value is -1.39. The Labute approximate surface area is 126 Å². The fraction of sp³-hybridized carbons (Fsp3) is 0.467. The minimum atomic E-state index is -3.57. The Morgan fingerprint density at radius 3 is 2.71 bits per heavy atom. The summed E-state index contributed by atoms with van der Waals surface area (Å²) >= 11 is 0. The molecule has 0 atom stereocenters. The van der Waals surface area contributed by atoms with Crippen molar-refractivity contribution in [3.05, 3.63) is 29.3 Å². The van der Waals surface area contributed by atoms with E-state index in [0.29, 0.717) is 17.7 Å². The topological polar surface area (TPSA) is 81.4 Å². The third-order valence-electron chi connectivity index (χ3n) is 2.66. The molecule has 0 spiro atoms. The Morgan fingerprint density at radius 1 is 1.38 bits per heavy atom. The van der Waals surface area contributed by atoms with Crippen LogP contribution < -0.4 is 10.5 Å². The molecule has 0 fully saturated rings. The molecule has 5 nitrogen and oxygen atoms in total. The first-order chi connectivity index (χ1) is 9.86. The van der Waals surface area contributed by atoms with Crippen molar-refractivity contribution in [2.45, 2.75) is 31.8 Å². The third kappa shape index (κ3) is 5.86. The van der Waals surface area contributed by atoms with Crippen LogP contribution in [0, 0.1) is 18.8 Å². The summed E-state index contributed by atoms with van der Waals surface area (Å²) in [6.45, 7) is 6.36. The van der Waals surface area contributed by atoms with Crippen LogP contribution in [0.4, 0.5) is 0 Å². The summed E-state index contributed by atoms with van der Waals surface area (Å²) in [4.78, 5) is 0.232. The van der Waals surface area contributed by atoms with Gasteiger partial charge in [-0.2, -0.15) is 0 Å². The first kappa shape index (κ1) is 17.7. The smallest absolute Gasteiger partial charge is 0.240 e. The largest absolute Gasteiger partial charge is 0.377 e. The van der Waals surface area contributed by atoms with E-state index in [-0.39, 0.29) is 24.1 Å². The highest BCUT2D eigenvalue weighted by atomic mass is 32.2. The molecule has 1 aromatic carbocycles. The highest BCUT2D eigenvalue weighted by molar-refractivity contribution is 7.89. The fourth-order valence-electron chi connectivity index (χ4n) is 1.67. The molecule has 0 aliphatic carbocycles. The Kier molecular flexibility index (Phi) is 6.85. The lowest BCUT2D eigenvalue weighted by Crippen LogP contribution is -2.28. The van der Waals surface area contributed by atoms with E-state index in [1.54, 1.807) is 25.1 Å². The molecule has 0 amide bonds. The summed E-state index contributed by atoms with van der Waals surface area (Å²) in [5, 5.41) is 0. The van der Waals surface area contributed by atoms with Gasteiger partial charge in [-0.05, 0) is 38.5 Å². The van der Waals surface area contributed by atoms with E-state index in [0.717, 1.165) is 0 Å². The molecule has 0 aromatic heterocycles. The van der Waals surface area contributed by atoms with Crippen LogP contribution in [-0.4, -0.2) is 34.2 Å². The molecule has 1 aromatic rings. The molecule has 0 saturated heterocycles. The molecule has 0 bridgehead atoms. The highest BCUT2D eigenvalue weighted by Crippen LogP contribution is 2.16. The van der Waals surface area contributed by atoms with Crippen molar-refractivity contribution < 1.29 is 13.2 Å². The second-order valence-corrected chi connectivity index (χ2v) is 6.54. The summed E-state index contributed by atoms with van der Waals surface area (Å²) in [6, 6.07) is 5.07. The van der Waals surface area contributed by atoms with E-state index < -0.39 is 10.0 Å². The van der Waals surface area contributed by atoms with Crippen LogP contribution in [0.25, 0.3) is 0 Å². The van der Waals surface area contributed by atoms with Crippen LogP contribution in [0.5, 0.6) is 0 Å². The molecule has 0 radical (unpaired) electrons. The minimum absolute atomic E-state index is 0.0751. The zero-order chi connectivity index (χ0) is 15.9. The van der Waals surface area contributed by atoms with E-state index in [1.165, 1.54) is 0 Å². The first-order valence-electron chi connectivity index (χ1n) is 6.77. The van der Waals surface area contributed by atoms with Gasteiger partial charge in [0, 0.05) is 12.1 Å². The van der Waals surface area contributed by atoms with Crippen molar-refractivity contribution in [3.63, 3.8) is 0 Å². The molecule has 0 heterocycles. The predicted molar refractivity (Wildman–Crippen MR) is 83.4 cm³/mol. The van der Waals surface area contributed by atoms with Crippen LogP contribution in [0.15, 0.2) is 23.1 Å². The molecular weight excluding hydrogens is 288 g/mol. The van der Waals surface area contributed by atoms with Crippen LogP contribution in [0.3, 0.4) is 0 Å². The third-order valence-corrected chi connectivity index (χ3v) is 4.26. The summed E-state index contributed by atoms with van der Waals surface area (Å²) in [6.07, 6.45) is 0.0751. The second kappa shape index (κ2) is 8.15. The number of sulfonamides is 1. The van der Waals surface area contributed by atoms with Gasteiger partial charge in [-0.3, -0.25) is 0 Å². The van der Waals surface area contributed by atoms with Gasteiger partial charge in [-0.1, -0.05) is 17.9 Å². The Morgan fingerprint density at radius 2 is 2.10 bits per heavy atom. The molecule has 6 heteroatoms. The first-order valence-corrected chi connectivity index (χ1v) is 8.26. The van der Waals surface area contributed by atoms with E-state index in [1.807, 2.05) is 13.8 Å². The quantitative estimate of drug-likeness (QED) is 0.607. The van der Waals surface area contributed by atoms with E-state index in [9.17, 15) is 8.42 Å². The predicted octanol–water partition coefficient (Wildman–Crippen LogP) is 1.01. The zero-order valence-electron chi connectivity index (χ0n) is 12.6. The van der Waals surface area contributed by atoms with Gasteiger partial charge in [0.15, 0.2) is 0 Å². The van der Waals surface area contributed by atoms with Crippen LogP contribution >= 0.6 is 0 Å². The Bertz CT molecular complexity index is 628.